The number of carbonyl (C=O) groups is 1. The lowest BCUT2D eigenvalue weighted by atomic mass is 10.2. The van der Waals surface area contributed by atoms with Crippen molar-refractivity contribution in [1.82, 2.24) is 5.32 Å². The van der Waals surface area contributed by atoms with Gasteiger partial charge in [0.05, 0.1) is 6.10 Å². The number of anilines is 1. The zero-order valence-corrected chi connectivity index (χ0v) is 13.6. The number of ether oxygens (including phenoxy) is 1. The molecule has 1 atom stereocenters. The second-order valence-corrected chi connectivity index (χ2v) is 5.56. The Balaban J connectivity index is 2.39. The number of nitrogens with one attached hydrogen (secondary N) is 2. The average Bonchev–Trinajstić information content (AvgIpc) is 2.45. The van der Waals surface area contributed by atoms with Crippen LogP contribution in [0, 0.1) is 0 Å². The van der Waals surface area contributed by atoms with Gasteiger partial charge in [-0.25, -0.2) is 0 Å². The Labute approximate surface area is 128 Å². The number of hydrogen-bond donors (Lipinski definition) is 2. The van der Waals surface area contributed by atoms with Crippen LogP contribution in [0.5, 0.6) is 5.75 Å². The first-order valence-electron chi connectivity index (χ1n) is 7.84. The molecule has 0 aliphatic heterocycles. The number of rotatable bonds is 9. The van der Waals surface area contributed by atoms with E-state index in [1.54, 1.807) is 0 Å². The fraction of sp³-hybridized carbons (Fsp3) is 0.588. The molecular formula is C17H28N2O2. The second-order valence-electron chi connectivity index (χ2n) is 5.56. The summed E-state index contributed by atoms with van der Waals surface area (Å²) in [6, 6.07) is 7.43. The van der Waals surface area contributed by atoms with Gasteiger partial charge in [-0.15, -0.1) is 0 Å². The average molecular weight is 292 g/mol. The van der Waals surface area contributed by atoms with Crippen LogP contribution in [0.3, 0.4) is 0 Å². The highest BCUT2D eigenvalue weighted by Crippen LogP contribution is 2.17. The highest BCUT2D eigenvalue weighted by molar-refractivity contribution is 5.84. The van der Waals surface area contributed by atoms with Crippen molar-refractivity contribution in [1.29, 1.82) is 0 Å². The van der Waals surface area contributed by atoms with Gasteiger partial charge in [0, 0.05) is 12.2 Å². The molecule has 0 bridgehead atoms. The normalized spacial score (nSPS) is 12.0. The minimum Gasteiger partial charge on any atom is -0.491 e. The summed E-state index contributed by atoms with van der Waals surface area (Å²) in [6.07, 6.45) is 3.51. The van der Waals surface area contributed by atoms with Gasteiger partial charge in [-0.2, -0.15) is 0 Å². The summed E-state index contributed by atoms with van der Waals surface area (Å²) in [5.41, 5.74) is 0.919. The SMILES string of the molecule is CCCCCNC(=O)C(C)Nc1ccc(OC(C)C)cc1. The maximum Gasteiger partial charge on any atom is 0.242 e. The highest BCUT2D eigenvalue weighted by atomic mass is 16.5. The lowest BCUT2D eigenvalue weighted by Crippen LogP contribution is -2.38. The summed E-state index contributed by atoms with van der Waals surface area (Å²) >= 11 is 0. The molecule has 2 N–H and O–H groups in total. The van der Waals surface area contributed by atoms with Crippen molar-refractivity contribution < 1.29 is 9.53 Å². The molecule has 0 aliphatic rings. The van der Waals surface area contributed by atoms with Gasteiger partial charge in [0.1, 0.15) is 11.8 Å². The molecule has 0 aliphatic carbocycles. The van der Waals surface area contributed by atoms with Crippen LogP contribution in [0.2, 0.25) is 0 Å². The third kappa shape index (κ3) is 7.02. The molecule has 1 aromatic carbocycles. The summed E-state index contributed by atoms with van der Waals surface area (Å²) in [5.74, 6) is 0.876. The van der Waals surface area contributed by atoms with Crippen LogP contribution in [0.25, 0.3) is 0 Å². The summed E-state index contributed by atoms with van der Waals surface area (Å²) in [6.45, 7) is 8.76. The molecule has 0 aromatic heterocycles. The lowest BCUT2D eigenvalue weighted by Gasteiger charge is -2.16. The third-order valence-electron chi connectivity index (χ3n) is 3.08. The molecule has 4 nitrogen and oxygen atoms in total. The summed E-state index contributed by atoms with van der Waals surface area (Å²) < 4.78 is 5.59. The molecule has 4 heteroatoms. The smallest absolute Gasteiger partial charge is 0.242 e. The summed E-state index contributed by atoms with van der Waals surface area (Å²) in [5, 5.41) is 6.14. The van der Waals surface area contributed by atoms with E-state index in [0.717, 1.165) is 37.2 Å². The minimum absolute atomic E-state index is 0.0358. The molecule has 1 unspecified atom stereocenters. The van der Waals surface area contributed by atoms with Crippen LogP contribution in [0.4, 0.5) is 5.69 Å². The first-order valence-corrected chi connectivity index (χ1v) is 7.84. The van der Waals surface area contributed by atoms with Gasteiger partial charge >= 0.3 is 0 Å². The molecule has 0 heterocycles. The van der Waals surface area contributed by atoms with Gasteiger partial charge in [0.2, 0.25) is 5.91 Å². The summed E-state index contributed by atoms with van der Waals surface area (Å²) in [7, 11) is 0. The maximum atomic E-state index is 11.9. The molecule has 0 saturated carbocycles. The van der Waals surface area contributed by atoms with Gasteiger partial charge in [-0.05, 0) is 51.5 Å². The quantitative estimate of drug-likeness (QED) is 0.684. The first-order chi connectivity index (χ1) is 10.0. The largest absolute Gasteiger partial charge is 0.491 e. The predicted molar refractivity (Wildman–Crippen MR) is 87.8 cm³/mol. The third-order valence-corrected chi connectivity index (χ3v) is 3.08. The van der Waals surface area contributed by atoms with Crippen molar-refractivity contribution in [2.75, 3.05) is 11.9 Å². The number of unbranched alkanes of at least 4 members (excludes halogenated alkanes) is 2. The van der Waals surface area contributed by atoms with Crippen molar-refractivity contribution >= 4 is 11.6 Å². The van der Waals surface area contributed by atoms with Gasteiger partial charge in [0.15, 0.2) is 0 Å². The standard InChI is InChI=1S/C17H28N2O2/c1-5-6-7-12-18-17(20)14(4)19-15-8-10-16(11-9-15)21-13(2)3/h8-11,13-14,19H,5-7,12H2,1-4H3,(H,18,20). The second kappa shape index (κ2) is 9.27. The monoisotopic (exact) mass is 292 g/mol. The molecule has 0 fully saturated rings. The Morgan fingerprint density at radius 2 is 1.81 bits per heavy atom. The Morgan fingerprint density at radius 1 is 1.14 bits per heavy atom. The van der Waals surface area contributed by atoms with E-state index in [1.807, 2.05) is 45.0 Å². The van der Waals surface area contributed by atoms with E-state index in [1.165, 1.54) is 0 Å². The van der Waals surface area contributed by atoms with Crippen LogP contribution in [0.1, 0.15) is 47.0 Å². The van der Waals surface area contributed by atoms with E-state index in [-0.39, 0.29) is 18.1 Å². The number of benzene rings is 1. The lowest BCUT2D eigenvalue weighted by molar-refractivity contribution is -0.121. The number of amides is 1. The topological polar surface area (TPSA) is 50.4 Å². The Bertz CT molecular complexity index is 415. The Morgan fingerprint density at radius 3 is 2.38 bits per heavy atom. The van der Waals surface area contributed by atoms with E-state index >= 15 is 0 Å². The van der Waals surface area contributed by atoms with Gasteiger partial charge in [-0.3, -0.25) is 4.79 Å². The zero-order valence-electron chi connectivity index (χ0n) is 13.6. The fourth-order valence-electron chi connectivity index (χ4n) is 1.96. The van der Waals surface area contributed by atoms with Crippen molar-refractivity contribution in [3.8, 4) is 5.75 Å². The molecule has 0 saturated heterocycles. The van der Waals surface area contributed by atoms with Crippen LogP contribution < -0.4 is 15.4 Å². The Kier molecular flexibility index (Phi) is 7.65. The highest BCUT2D eigenvalue weighted by Gasteiger charge is 2.11. The zero-order chi connectivity index (χ0) is 15.7. The van der Waals surface area contributed by atoms with E-state index in [2.05, 4.69) is 17.6 Å². The van der Waals surface area contributed by atoms with Crippen molar-refractivity contribution in [2.24, 2.45) is 0 Å². The van der Waals surface area contributed by atoms with Crippen molar-refractivity contribution in [2.45, 2.75) is 59.1 Å². The summed E-state index contributed by atoms with van der Waals surface area (Å²) in [4.78, 5) is 11.9. The van der Waals surface area contributed by atoms with Crippen LogP contribution >= 0.6 is 0 Å². The van der Waals surface area contributed by atoms with Gasteiger partial charge < -0.3 is 15.4 Å². The minimum atomic E-state index is -0.247. The molecule has 0 radical (unpaired) electrons. The molecule has 118 valence electrons. The molecule has 1 rings (SSSR count). The first kappa shape index (κ1) is 17.3. The van der Waals surface area contributed by atoms with E-state index in [0.29, 0.717) is 0 Å². The van der Waals surface area contributed by atoms with Crippen LogP contribution in [-0.4, -0.2) is 24.6 Å². The fourth-order valence-corrected chi connectivity index (χ4v) is 1.96. The van der Waals surface area contributed by atoms with E-state index < -0.39 is 0 Å². The number of hydrogen-bond acceptors (Lipinski definition) is 3. The molecule has 1 aromatic rings. The van der Waals surface area contributed by atoms with Gasteiger partial charge in [-0.1, -0.05) is 19.8 Å². The molecule has 21 heavy (non-hydrogen) atoms. The van der Waals surface area contributed by atoms with E-state index in [4.69, 9.17) is 4.74 Å². The van der Waals surface area contributed by atoms with Gasteiger partial charge in [0.25, 0.3) is 0 Å². The van der Waals surface area contributed by atoms with Crippen LogP contribution in [-0.2, 0) is 4.79 Å². The number of carbonyl (C=O) groups excluding carboxylic acids is 1. The van der Waals surface area contributed by atoms with Crippen LogP contribution in [0.15, 0.2) is 24.3 Å². The molecule has 0 spiro atoms. The predicted octanol–water partition coefficient (Wildman–Crippen LogP) is 3.58. The van der Waals surface area contributed by atoms with E-state index in [9.17, 15) is 4.79 Å². The molecule has 1 amide bonds. The van der Waals surface area contributed by atoms with Crippen molar-refractivity contribution in [3.05, 3.63) is 24.3 Å². The van der Waals surface area contributed by atoms with Crippen molar-refractivity contribution in [3.63, 3.8) is 0 Å². The molecular weight excluding hydrogens is 264 g/mol. The Hall–Kier alpha value is -1.71. The maximum absolute atomic E-state index is 11.9.